The topological polar surface area (TPSA) is 64.0 Å². The summed E-state index contributed by atoms with van der Waals surface area (Å²) in [5.74, 6) is -0.453. The van der Waals surface area contributed by atoms with Crippen LogP contribution in [0.4, 0.5) is 4.79 Å². The third kappa shape index (κ3) is 2.77. The minimum atomic E-state index is -0.644. The summed E-state index contributed by atoms with van der Waals surface area (Å²) in [6, 6.07) is 1.20. The van der Waals surface area contributed by atoms with Crippen molar-refractivity contribution in [1.29, 1.82) is 0 Å². The third-order valence-electron chi connectivity index (χ3n) is 1.15. The van der Waals surface area contributed by atoms with Gasteiger partial charge in [-0.15, -0.1) is 5.10 Å². The predicted octanol–water partition coefficient (Wildman–Crippen LogP) is 1.81. The Bertz CT molecular complexity index is 311. The van der Waals surface area contributed by atoms with Crippen molar-refractivity contribution in [2.45, 2.75) is 26.4 Å². The molecule has 1 aromatic heterocycles. The van der Waals surface area contributed by atoms with Crippen LogP contribution in [0.15, 0.2) is 12.3 Å². The van der Waals surface area contributed by atoms with Crippen LogP contribution in [0.1, 0.15) is 20.8 Å². The molecule has 0 aliphatic rings. The minimum absolute atomic E-state index is 0.453. The normalized spacial score (nSPS) is 11.3. The first-order chi connectivity index (χ1) is 5.88. The number of carbonyl (C=O) groups excluding carboxylic acids is 1. The SMILES string of the molecule is CC(C)(C)OC(=O)n1ccc([O])n1. The summed E-state index contributed by atoms with van der Waals surface area (Å²) >= 11 is 0. The van der Waals surface area contributed by atoms with Gasteiger partial charge in [-0.05, 0) is 20.8 Å². The molecule has 0 saturated carbocycles. The van der Waals surface area contributed by atoms with Crippen molar-refractivity contribution >= 4 is 6.09 Å². The summed E-state index contributed by atoms with van der Waals surface area (Å²) < 4.78 is 5.84. The average Bonchev–Trinajstić information content (AvgIpc) is 2.31. The number of carbonyl (C=O) groups is 1. The van der Waals surface area contributed by atoms with Crippen molar-refractivity contribution in [2.24, 2.45) is 0 Å². The number of ether oxygens (including phenoxy) is 1. The lowest BCUT2D eigenvalue weighted by molar-refractivity contribution is 0.0511. The minimum Gasteiger partial charge on any atom is -0.442 e. The highest BCUT2D eigenvalue weighted by atomic mass is 16.6. The van der Waals surface area contributed by atoms with E-state index in [1.165, 1.54) is 12.3 Å². The predicted molar refractivity (Wildman–Crippen MR) is 44.0 cm³/mol. The Balaban J connectivity index is 2.70. The molecule has 0 aliphatic heterocycles. The molecular formula is C8H11N2O3. The third-order valence-corrected chi connectivity index (χ3v) is 1.15. The Hall–Kier alpha value is -1.52. The number of hydrogen-bond acceptors (Lipinski definition) is 3. The Morgan fingerprint density at radius 1 is 1.54 bits per heavy atom. The van der Waals surface area contributed by atoms with Gasteiger partial charge in [0, 0.05) is 12.3 Å². The highest BCUT2D eigenvalue weighted by Gasteiger charge is 2.18. The summed E-state index contributed by atoms with van der Waals surface area (Å²) in [6.07, 6.45) is 0.630. The van der Waals surface area contributed by atoms with E-state index in [4.69, 9.17) is 4.74 Å². The molecule has 71 valence electrons. The Morgan fingerprint density at radius 2 is 2.15 bits per heavy atom. The summed E-state index contributed by atoms with van der Waals surface area (Å²) in [5, 5.41) is 14.0. The van der Waals surface area contributed by atoms with Crippen LogP contribution < -0.4 is 0 Å². The van der Waals surface area contributed by atoms with Gasteiger partial charge in [0.25, 0.3) is 5.88 Å². The quantitative estimate of drug-likeness (QED) is 0.616. The van der Waals surface area contributed by atoms with Gasteiger partial charge in [-0.3, -0.25) is 5.11 Å². The molecule has 1 radical (unpaired) electrons. The second-order valence-electron chi connectivity index (χ2n) is 3.58. The zero-order chi connectivity index (χ0) is 10.1. The lowest BCUT2D eigenvalue weighted by Gasteiger charge is -2.18. The van der Waals surface area contributed by atoms with E-state index in [0.717, 1.165) is 4.68 Å². The first kappa shape index (κ1) is 9.57. The van der Waals surface area contributed by atoms with E-state index in [2.05, 4.69) is 5.10 Å². The molecule has 0 aliphatic carbocycles. The van der Waals surface area contributed by atoms with Gasteiger partial charge in [0.1, 0.15) is 5.60 Å². The van der Waals surface area contributed by atoms with Crippen molar-refractivity contribution in [3.8, 4) is 5.88 Å². The number of hydrogen-bond donors (Lipinski definition) is 0. The maximum Gasteiger partial charge on any atom is 0.435 e. The van der Waals surface area contributed by atoms with Crippen LogP contribution in [0.25, 0.3) is 0 Å². The molecule has 1 aromatic rings. The Labute approximate surface area is 75.9 Å². The molecule has 0 N–H and O–H groups in total. The van der Waals surface area contributed by atoms with Gasteiger partial charge in [-0.2, -0.15) is 4.68 Å². The van der Waals surface area contributed by atoms with Gasteiger partial charge < -0.3 is 4.74 Å². The average molecular weight is 183 g/mol. The molecule has 1 heterocycles. The second kappa shape index (κ2) is 3.08. The zero-order valence-electron chi connectivity index (χ0n) is 7.77. The number of aromatic nitrogens is 2. The van der Waals surface area contributed by atoms with Crippen LogP contribution in [0.3, 0.4) is 0 Å². The molecule has 0 fully saturated rings. The van der Waals surface area contributed by atoms with Crippen LogP contribution in [-0.4, -0.2) is 21.5 Å². The van der Waals surface area contributed by atoms with E-state index in [0.29, 0.717) is 0 Å². The smallest absolute Gasteiger partial charge is 0.435 e. The monoisotopic (exact) mass is 183 g/mol. The molecule has 0 atom stereocenters. The van der Waals surface area contributed by atoms with Crippen LogP contribution in [-0.2, 0) is 9.84 Å². The lowest BCUT2D eigenvalue weighted by Crippen LogP contribution is -2.27. The van der Waals surface area contributed by atoms with Crippen molar-refractivity contribution < 1.29 is 14.6 Å². The maximum absolute atomic E-state index is 11.2. The number of nitrogens with zero attached hydrogens (tertiary/aromatic N) is 2. The molecule has 5 heteroatoms. The van der Waals surface area contributed by atoms with E-state index in [-0.39, 0.29) is 0 Å². The summed E-state index contributed by atoms with van der Waals surface area (Å²) in [4.78, 5) is 11.2. The lowest BCUT2D eigenvalue weighted by atomic mass is 10.2. The Morgan fingerprint density at radius 3 is 2.54 bits per heavy atom. The standard InChI is InChI=1S/C8H11N2O3/c1-8(2,3)13-7(12)10-5-4-6(11)9-10/h4-5H,1-3H3. The van der Waals surface area contributed by atoms with Gasteiger partial charge >= 0.3 is 6.09 Å². The van der Waals surface area contributed by atoms with Gasteiger partial charge in [0.15, 0.2) is 0 Å². The van der Waals surface area contributed by atoms with Crippen LogP contribution in [0.5, 0.6) is 5.88 Å². The molecule has 0 spiro atoms. The van der Waals surface area contributed by atoms with E-state index in [1.54, 1.807) is 20.8 Å². The zero-order valence-corrected chi connectivity index (χ0v) is 7.77. The van der Waals surface area contributed by atoms with Gasteiger partial charge in [-0.1, -0.05) is 0 Å². The summed E-state index contributed by atoms with van der Waals surface area (Å²) in [7, 11) is 0. The highest BCUT2D eigenvalue weighted by Crippen LogP contribution is 2.10. The second-order valence-corrected chi connectivity index (χ2v) is 3.58. The maximum atomic E-state index is 11.2. The first-order valence-electron chi connectivity index (χ1n) is 3.84. The Kier molecular flexibility index (Phi) is 2.27. The van der Waals surface area contributed by atoms with E-state index < -0.39 is 17.6 Å². The molecule has 0 unspecified atom stereocenters. The molecule has 13 heavy (non-hydrogen) atoms. The molecular weight excluding hydrogens is 172 g/mol. The van der Waals surface area contributed by atoms with Gasteiger partial charge in [-0.25, -0.2) is 4.79 Å². The van der Waals surface area contributed by atoms with Crippen LogP contribution in [0.2, 0.25) is 0 Å². The number of rotatable bonds is 0. The van der Waals surface area contributed by atoms with Gasteiger partial charge in [0.05, 0.1) is 0 Å². The summed E-state index contributed by atoms with van der Waals surface area (Å²) in [6.45, 7) is 5.23. The van der Waals surface area contributed by atoms with E-state index in [9.17, 15) is 9.90 Å². The molecule has 0 aromatic carbocycles. The van der Waals surface area contributed by atoms with Gasteiger partial charge in [0.2, 0.25) is 0 Å². The molecule has 0 saturated heterocycles. The molecule has 0 amide bonds. The molecule has 0 bridgehead atoms. The summed E-state index contributed by atoms with van der Waals surface area (Å²) in [5.41, 5.74) is -0.577. The highest BCUT2D eigenvalue weighted by molar-refractivity contribution is 5.69. The van der Waals surface area contributed by atoms with Crippen molar-refractivity contribution in [2.75, 3.05) is 0 Å². The van der Waals surface area contributed by atoms with E-state index in [1.807, 2.05) is 0 Å². The van der Waals surface area contributed by atoms with Crippen LogP contribution >= 0.6 is 0 Å². The largest absolute Gasteiger partial charge is 0.442 e. The van der Waals surface area contributed by atoms with Crippen LogP contribution in [0, 0.1) is 0 Å². The fourth-order valence-electron chi connectivity index (χ4n) is 0.718. The fraction of sp³-hybridized carbons (Fsp3) is 0.500. The first-order valence-corrected chi connectivity index (χ1v) is 3.84. The molecule has 5 nitrogen and oxygen atoms in total. The van der Waals surface area contributed by atoms with Crippen molar-refractivity contribution in [3.05, 3.63) is 12.3 Å². The fourth-order valence-corrected chi connectivity index (χ4v) is 0.718. The van der Waals surface area contributed by atoms with Crippen molar-refractivity contribution in [1.82, 2.24) is 9.78 Å². The van der Waals surface area contributed by atoms with Crippen molar-refractivity contribution in [3.63, 3.8) is 0 Å². The molecule has 1 rings (SSSR count). The van der Waals surface area contributed by atoms with E-state index >= 15 is 0 Å².